The Labute approximate surface area is 192 Å². The van der Waals surface area contributed by atoms with Gasteiger partial charge in [-0.25, -0.2) is 0 Å². The fourth-order valence-electron chi connectivity index (χ4n) is 2.45. The number of phenols is 5. The monoisotopic (exact) mass is 436 g/mol. The maximum Gasteiger partial charge on any atom is 1.00 e. The SMILES string of the molecule is O=C(CCCl)c1c(O)cc(O)cc1O.O=C1CCOc2cc(O)cc(O)c21.[Na+].[OH-]. The number of phenolic OH excluding ortho intramolecular Hbond substituents is 5. The first kappa shape index (κ1) is 26.8. The van der Waals surface area contributed by atoms with Gasteiger partial charge in [0.25, 0.3) is 0 Å². The first-order valence-electron chi connectivity index (χ1n) is 7.80. The number of aromatic hydroxyl groups is 5. The molecule has 0 radical (unpaired) electrons. The number of rotatable bonds is 3. The number of Topliss-reactive ketones (excluding diaryl/α,β-unsaturated/α-hetero) is 2. The van der Waals surface area contributed by atoms with Crippen LogP contribution in [-0.4, -0.2) is 55.1 Å². The molecule has 0 fully saturated rings. The maximum atomic E-state index is 11.3. The van der Waals surface area contributed by atoms with Crippen molar-refractivity contribution in [3.63, 3.8) is 0 Å². The van der Waals surface area contributed by atoms with E-state index in [1.54, 1.807) is 0 Å². The number of carbonyl (C=O) groups is 2. The third-order valence-corrected chi connectivity index (χ3v) is 3.80. The van der Waals surface area contributed by atoms with Crippen LogP contribution in [0.4, 0.5) is 0 Å². The molecule has 0 saturated heterocycles. The smallest absolute Gasteiger partial charge is 0.870 e. The average molecular weight is 437 g/mol. The topological polar surface area (TPSA) is 175 Å². The van der Waals surface area contributed by atoms with Crippen LogP contribution >= 0.6 is 11.6 Å². The van der Waals surface area contributed by atoms with Gasteiger partial charge in [-0.15, -0.1) is 11.6 Å². The van der Waals surface area contributed by atoms with Gasteiger partial charge in [0.2, 0.25) is 0 Å². The fourth-order valence-corrected chi connectivity index (χ4v) is 2.62. The van der Waals surface area contributed by atoms with Crippen LogP contribution in [-0.2, 0) is 0 Å². The number of halogens is 1. The Morgan fingerprint density at radius 3 is 2.03 bits per heavy atom. The second-order valence-corrected chi connectivity index (χ2v) is 5.96. The molecule has 1 heterocycles. The normalized spacial score (nSPS) is 11.6. The van der Waals surface area contributed by atoms with Gasteiger partial charge < -0.3 is 35.7 Å². The average Bonchev–Trinajstić information content (AvgIpc) is 2.54. The van der Waals surface area contributed by atoms with Gasteiger partial charge in [0.1, 0.15) is 45.6 Å². The van der Waals surface area contributed by atoms with Crippen LogP contribution in [0.5, 0.6) is 34.5 Å². The third kappa shape index (κ3) is 6.69. The van der Waals surface area contributed by atoms with Crippen LogP contribution in [0.1, 0.15) is 33.6 Å². The molecule has 2 aromatic carbocycles. The molecule has 11 heteroatoms. The minimum Gasteiger partial charge on any atom is -0.870 e. The van der Waals surface area contributed by atoms with E-state index >= 15 is 0 Å². The van der Waals surface area contributed by atoms with Gasteiger partial charge in [0.05, 0.1) is 6.61 Å². The summed E-state index contributed by atoms with van der Waals surface area (Å²) in [5, 5.41) is 46.0. The fraction of sp³-hybridized carbons (Fsp3) is 0.222. The van der Waals surface area contributed by atoms with Crippen LogP contribution in [0.2, 0.25) is 0 Å². The van der Waals surface area contributed by atoms with Gasteiger partial charge in [-0.05, 0) is 0 Å². The molecule has 6 N–H and O–H groups in total. The van der Waals surface area contributed by atoms with Crippen LogP contribution in [0.25, 0.3) is 0 Å². The van der Waals surface area contributed by atoms with Crippen molar-refractivity contribution in [1.82, 2.24) is 0 Å². The second-order valence-electron chi connectivity index (χ2n) is 5.58. The van der Waals surface area contributed by atoms with E-state index < -0.39 is 17.3 Å². The summed E-state index contributed by atoms with van der Waals surface area (Å²) in [6.45, 7) is 0.300. The van der Waals surface area contributed by atoms with E-state index in [-0.39, 0.29) is 93.7 Å². The molecule has 1 aliphatic rings. The molecule has 9 nitrogen and oxygen atoms in total. The standard InChI is InChI=1S/C9H9ClO4.C9H8O4.Na.H2O/c10-2-1-6(12)9-7(13)3-5(11)4-8(9)14;10-5-3-7(12)9-6(11)1-2-13-8(9)4-5;;/h3-4,11,13-14H,1-2H2;3-4,10,12H,1-2H2;;1H2/q;;+1;/p-1. The van der Waals surface area contributed by atoms with Crippen LogP contribution in [0.15, 0.2) is 24.3 Å². The van der Waals surface area contributed by atoms with E-state index in [0.29, 0.717) is 6.61 Å². The predicted molar refractivity (Wildman–Crippen MR) is 97.3 cm³/mol. The number of hydrogen-bond acceptors (Lipinski definition) is 9. The molecule has 0 bridgehead atoms. The van der Waals surface area contributed by atoms with Crippen molar-refractivity contribution < 1.29 is 74.9 Å². The van der Waals surface area contributed by atoms with Crippen molar-refractivity contribution in [1.29, 1.82) is 0 Å². The molecule has 0 atom stereocenters. The van der Waals surface area contributed by atoms with E-state index in [2.05, 4.69) is 0 Å². The molecule has 3 rings (SSSR count). The van der Waals surface area contributed by atoms with Crippen molar-refractivity contribution in [2.45, 2.75) is 12.8 Å². The number of carbonyl (C=O) groups excluding carboxylic acids is 2. The minimum absolute atomic E-state index is 0. The Bertz CT molecular complexity index is 863. The van der Waals surface area contributed by atoms with Gasteiger partial charge in [0.15, 0.2) is 11.6 Å². The van der Waals surface area contributed by atoms with E-state index in [9.17, 15) is 24.9 Å². The summed E-state index contributed by atoms with van der Waals surface area (Å²) in [5.41, 5.74) is -0.0347. The Hall–Kier alpha value is -2.17. The summed E-state index contributed by atoms with van der Waals surface area (Å²) in [4.78, 5) is 22.6. The Balaban J connectivity index is 0.000000506. The zero-order valence-corrected chi connectivity index (χ0v) is 18.2. The summed E-state index contributed by atoms with van der Waals surface area (Å²) in [6, 6.07) is 4.43. The molecular formula is C18H18ClNaO9. The Morgan fingerprint density at radius 1 is 0.966 bits per heavy atom. The van der Waals surface area contributed by atoms with Gasteiger partial charge in [-0.3, -0.25) is 9.59 Å². The van der Waals surface area contributed by atoms with E-state index in [0.717, 1.165) is 18.2 Å². The zero-order chi connectivity index (χ0) is 20.1. The molecule has 0 aliphatic carbocycles. The van der Waals surface area contributed by atoms with Crippen molar-refractivity contribution in [3.8, 4) is 34.5 Å². The summed E-state index contributed by atoms with van der Waals surface area (Å²) < 4.78 is 5.11. The molecule has 0 aromatic heterocycles. The first-order chi connectivity index (χ1) is 12.7. The van der Waals surface area contributed by atoms with E-state index in [1.165, 1.54) is 6.07 Å². The molecule has 0 unspecified atom stereocenters. The number of hydrogen-bond donors (Lipinski definition) is 5. The number of ether oxygens (including phenoxy) is 1. The summed E-state index contributed by atoms with van der Waals surface area (Å²) in [6.07, 6.45) is 0.290. The summed E-state index contributed by atoms with van der Waals surface area (Å²) in [5.74, 6) is -1.77. The number of alkyl halides is 1. The van der Waals surface area contributed by atoms with Gasteiger partial charge in [-0.2, -0.15) is 0 Å². The minimum atomic E-state index is -0.463. The zero-order valence-electron chi connectivity index (χ0n) is 15.4. The summed E-state index contributed by atoms with van der Waals surface area (Å²) >= 11 is 5.35. The van der Waals surface area contributed by atoms with E-state index in [1.807, 2.05) is 0 Å². The van der Waals surface area contributed by atoms with Crippen molar-refractivity contribution >= 4 is 23.2 Å². The quantitative estimate of drug-likeness (QED) is 0.241. The molecule has 0 spiro atoms. The number of benzene rings is 2. The van der Waals surface area contributed by atoms with Crippen molar-refractivity contribution in [3.05, 3.63) is 35.4 Å². The van der Waals surface area contributed by atoms with Crippen molar-refractivity contribution in [2.75, 3.05) is 12.5 Å². The first-order valence-corrected chi connectivity index (χ1v) is 8.34. The van der Waals surface area contributed by atoms with Crippen LogP contribution in [0, 0.1) is 0 Å². The van der Waals surface area contributed by atoms with Crippen molar-refractivity contribution in [2.24, 2.45) is 0 Å². The Morgan fingerprint density at radius 2 is 1.48 bits per heavy atom. The maximum absolute atomic E-state index is 11.3. The predicted octanol–water partition coefficient (Wildman–Crippen LogP) is -0.495. The molecule has 0 amide bonds. The molecular weight excluding hydrogens is 419 g/mol. The molecule has 1 aliphatic heterocycles. The van der Waals surface area contributed by atoms with Gasteiger partial charge >= 0.3 is 29.6 Å². The van der Waals surface area contributed by atoms with Crippen LogP contribution in [0.3, 0.4) is 0 Å². The molecule has 2 aromatic rings. The largest absolute Gasteiger partial charge is 1.00 e. The number of fused-ring (bicyclic) bond motifs is 1. The summed E-state index contributed by atoms with van der Waals surface area (Å²) in [7, 11) is 0. The van der Waals surface area contributed by atoms with E-state index in [4.69, 9.17) is 26.6 Å². The van der Waals surface area contributed by atoms with Crippen LogP contribution < -0.4 is 34.3 Å². The second kappa shape index (κ2) is 11.7. The third-order valence-electron chi connectivity index (χ3n) is 3.61. The molecule has 152 valence electrons. The molecule has 29 heavy (non-hydrogen) atoms. The van der Waals surface area contributed by atoms with Gasteiger partial charge in [0, 0.05) is 43.0 Å². The number of ketones is 2. The Kier molecular flexibility index (Phi) is 10.9. The van der Waals surface area contributed by atoms with Gasteiger partial charge in [-0.1, -0.05) is 0 Å². The molecule has 0 saturated carbocycles.